The number of aromatic nitrogens is 1. The van der Waals surface area contributed by atoms with Crippen molar-refractivity contribution in [2.75, 3.05) is 4.90 Å². The molecule has 4 heteroatoms. The van der Waals surface area contributed by atoms with E-state index in [0.717, 1.165) is 24.1 Å². The number of aryl methyl sites for hydroxylation is 1. The fraction of sp³-hybridized carbons (Fsp3) is 0.200. The molecule has 2 aromatic carbocycles. The fourth-order valence-electron chi connectivity index (χ4n) is 3.21. The Morgan fingerprint density at radius 2 is 1.88 bits per heavy atom. The number of rotatable bonds is 2. The SMILES string of the molecule is C[C@H]1CCc2ccccc2N1C(=O)c1coc(-c2ccccc2)n1. The Kier molecular flexibility index (Phi) is 3.65. The number of carbonyl (C=O) groups excluding carboxylic acids is 1. The maximum absolute atomic E-state index is 13.0. The summed E-state index contributed by atoms with van der Waals surface area (Å²) in [7, 11) is 0. The first-order valence-electron chi connectivity index (χ1n) is 8.16. The van der Waals surface area contributed by atoms with Gasteiger partial charge in [0.15, 0.2) is 5.69 Å². The van der Waals surface area contributed by atoms with Crippen LogP contribution in [0, 0.1) is 0 Å². The number of anilines is 1. The average Bonchev–Trinajstić information content (AvgIpc) is 3.12. The monoisotopic (exact) mass is 318 g/mol. The molecule has 1 aliphatic rings. The van der Waals surface area contributed by atoms with Crippen LogP contribution in [0.25, 0.3) is 11.5 Å². The van der Waals surface area contributed by atoms with Crippen molar-refractivity contribution in [2.45, 2.75) is 25.8 Å². The Hall–Kier alpha value is -2.88. The lowest BCUT2D eigenvalue weighted by molar-refractivity contribution is 0.0970. The van der Waals surface area contributed by atoms with Crippen molar-refractivity contribution in [3.05, 3.63) is 72.1 Å². The average molecular weight is 318 g/mol. The number of oxazole rings is 1. The summed E-state index contributed by atoms with van der Waals surface area (Å²) in [4.78, 5) is 19.3. The highest BCUT2D eigenvalue weighted by Crippen LogP contribution is 2.32. The molecule has 0 aliphatic carbocycles. The number of benzene rings is 2. The lowest BCUT2D eigenvalue weighted by Crippen LogP contribution is -2.42. The van der Waals surface area contributed by atoms with Crippen LogP contribution in [0.2, 0.25) is 0 Å². The van der Waals surface area contributed by atoms with Crippen LogP contribution in [0.3, 0.4) is 0 Å². The Bertz CT molecular complexity index is 870. The van der Waals surface area contributed by atoms with Crippen molar-refractivity contribution in [1.29, 1.82) is 0 Å². The van der Waals surface area contributed by atoms with Gasteiger partial charge >= 0.3 is 0 Å². The highest BCUT2D eigenvalue weighted by Gasteiger charge is 2.30. The second kappa shape index (κ2) is 5.96. The van der Waals surface area contributed by atoms with Gasteiger partial charge in [-0.1, -0.05) is 36.4 Å². The molecule has 3 aromatic rings. The molecule has 1 amide bonds. The molecule has 0 spiro atoms. The lowest BCUT2D eigenvalue weighted by atomic mass is 9.96. The van der Waals surface area contributed by atoms with Gasteiger partial charge in [-0.3, -0.25) is 4.79 Å². The third kappa shape index (κ3) is 2.50. The standard InChI is InChI=1S/C20H18N2O2/c1-14-11-12-15-7-5-6-10-18(15)22(14)20(23)17-13-24-19(21-17)16-8-3-2-4-9-16/h2-10,13-14H,11-12H2,1H3/t14-/m0/s1. The summed E-state index contributed by atoms with van der Waals surface area (Å²) in [6, 6.07) is 17.8. The molecule has 0 fully saturated rings. The van der Waals surface area contributed by atoms with Crippen molar-refractivity contribution in [2.24, 2.45) is 0 Å². The van der Waals surface area contributed by atoms with E-state index in [1.165, 1.54) is 11.8 Å². The molecule has 4 nitrogen and oxygen atoms in total. The van der Waals surface area contributed by atoms with Crippen LogP contribution in [0.5, 0.6) is 0 Å². The van der Waals surface area contributed by atoms with Gasteiger partial charge in [-0.05, 0) is 43.5 Å². The van der Waals surface area contributed by atoms with Crippen molar-refractivity contribution in [3.8, 4) is 11.5 Å². The predicted molar refractivity (Wildman–Crippen MR) is 93.0 cm³/mol. The Morgan fingerprint density at radius 1 is 1.12 bits per heavy atom. The molecule has 1 aliphatic heterocycles. The van der Waals surface area contributed by atoms with E-state index in [0.29, 0.717) is 11.6 Å². The molecule has 0 saturated heterocycles. The number of nitrogens with zero attached hydrogens (tertiary/aromatic N) is 2. The minimum absolute atomic E-state index is 0.111. The van der Waals surface area contributed by atoms with Crippen LogP contribution < -0.4 is 4.90 Å². The Morgan fingerprint density at radius 3 is 2.71 bits per heavy atom. The zero-order chi connectivity index (χ0) is 16.5. The van der Waals surface area contributed by atoms with Gasteiger partial charge in [0, 0.05) is 17.3 Å². The fourth-order valence-corrected chi connectivity index (χ4v) is 3.21. The van der Waals surface area contributed by atoms with E-state index in [2.05, 4.69) is 18.0 Å². The van der Waals surface area contributed by atoms with E-state index in [4.69, 9.17) is 4.42 Å². The molecule has 4 rings (SSSR count). The van der Waals surface area contributed by atoms with Crippen LogP contribution >= 0.6 is 0 Å². The normalized spacial score (nSPS) is 16.7. The van der Waals surface area contributed by atoms with Gasteiger partial charge in [0.2, 0.25) is 5.89 Å². The van der Waals surface area contributed by atoms with Gasteiger partial charge in [0.05, 0.1) is 0 Å². The summed E-state index contributed by atoms with van der Waals surface area (Å²) in [6.07, 6.45) is 3.40. The first-order chi connectivity index (χ1) is 11.7. The maximum Gasteiger partial charge on any atom is 0.280 e. The predicted octanol–water partition coefficient (Wildman–Crippen LogP) is 4.32. The van der Waals surface area contributed by atoms with Crippen molar-refractivity contribution >= 4 is 11.6 Å². The van der Waals surface area contributed by atoms with Gasteiger partial charge in [0.1, 0.15) is 6.26 Å². The molecule has 120 valence electrons. The molecule has 0 saturated carbocycles. The zero-order valence-corrected chi connectivity index (χ0v) is 13.5. The van der Waals surface area contributed by atoms with Crippen LogP contribution in [0.1, 0.15) is 29.4 Å². The molecule has 0 radical (unpaired) electrons. The van der Waals surface area contributed by atoms with Gasteiger partial charge in [-0.2, -0.15) is 0 Å². The number of fused-ring (bicyclic) bond motifs is 1. The molecule has 0 bridgehead atoms. The molecule has 0 unspecified atom stereocenters. The van der Waals surface area contributed by atoms with E-state index in [9.17, 15) is 4.79 Å². The number of para-hydroxylation sites is 1. The molecule has 1 atom stereocenters. The van der Waals surface area contributed by atoms with Gasteiger partial charge in [-0.25, -0.2) is 4.98 Å². The summed E-state index contributed by atoms with van der Waals surface area (Å²) < 4.78 is 5.53. The summed E-state index contributed by atoms with van der Waals surface area (Å²) in [5.74, 6) is 0.359. The first-order valence-corrected chi connectivity index (χ1v) is 8.16. The van der Waals surface area contributed by atoms with Crippen molar-refractivity contribution < 1.29 is 9.21 Å². The summed E-state index contributed by atoms with van der Waals surface area (Å²) in [5.41, 5.74) is 3.39. The summed E-state index contributed by atoms with van der Waals surface area (Å²) >= 11 is 0. The lowest BCUT2D eigenvalue weighted by Gasteiger charge is -2.34. The van der Waals surface area contributed by atoms with Crippen LogP contribution in [-0.4, -0.2) is 16.9 Å². The topological polar surface area (TPSA) is 46.3 Å². The number of hydrogen-bond acceptors (Lipinski definition) is 3. The molecule has 1 aromatic heterocycles. The minimum Gasteiger partial charge on any atom is -0.444 e. The molecule has 24 heavy (non-hydrogen) atoms. The van der Waals surface area contributed by atoms with Crippen LogP contribution in [0.15, 0.2) is 65.3 Å². The Balaban J connectivity index is 1.68. The van der Waals surface area contributed by atoms with Crippen molar-refractivity contribution in [3.63, 3.8) is 0 Å². The first kappa shape index (κ1) is 14.7. The molecular weight excluding hydrogens is 300 g/mol. The highest BCUT2D eigenvalue weighted by molar-refractivity contribution is 6.06. The smallest absolute Gasteiger partial charge is 0.280 e. The van der Waals surface area contributed by atoms with E-state index in [1.807, 2.05) is 53.4 Å². The number of hydrogen-bond donors (Lipinski definition) is 0. The summed E-state index contributed by atoms with van der Waals surface area (Å²) in [6.45, 7) is 2.08. The van der Waals surface area contributed by atoms with Crippen LogP contribution in [-0.2, 0) is 6.42 Å². The molecular formula is C20H18N2O2. The Labute approximate surface area is 140 Å². The quantitative estimate of drug-likeness (QED) is 0.707. The van der Waals surface area contributed by atoms with E-state index in [1.54, 1.807) is 0 Å². The van der Waals surface area contributed by atoms with Gasteiger partial charge in [0.25, 0.3) is 5.91 Å². The third-order valence-electron chi connectivity index (χ3n) is 4.49. The van der Waals surface area contributed by atoms with E-state index >= 15 is 0 Å². The summed E-state index contributed by atoms with van der Waals surface area (Å²) in [5, 5.41) is 0. The maximum atomic E-state index is 13.0. The number of carbonyl (C=O) groups is 1. The third-order valence-corrected chi connectivity index (χ3v) is 4.49. The highest BCUT2D eigenvalue weighted by atomic mass is 16.3. The molecule has 0 N–H and O–H groups in total. The van der Waals surface area contributed by atoms with E-state index in [-0.39, 0.29) is 11.9 Å². The van der Waals surface area contributed by atoms with Crippen molar-refractivity contribution in [1.82, 2.24) is 4.98 Å². The largest absolute Gasteiger partial charge is 0.444 e. The number of amides is 1. The second-order valence-electron chi connectivity index (χ2n) is 6.10. The minimum atomic E-state index is -0.111. The van der Waals surface area contributed by atoms with Gasteiger partial charge < -0.3 is 9.32 Å². The van der Waals surface area contributed by atoms with Crippen LogP contribution in [0.4, 0.5) is 5.69 Å². The van der Waals surface area contributed by atoms with Gasteiger partial charge in [-0.15, -0.1) is 0 Å². The van der Waals surface area contributed by atoms with E-state index < -0.39 is 0 Å². The molecule has 2 heterocycles. The second-order valence-corrected chi connectivity index (χ2v) is 6.10. The zero-order valence-electron chi connectivity index (χ0n) is 13.5.